The summed E-state index contributed by atoms with van der Waals surface area (Å²) in [6.07, 6.45) is 1.26. The number of hydrogen-bond acceptors (Lipinski definition) is 8. The number of thiazole rings is 1. The lowest BCUT2D eigenvalue weighted by atomic mass is 9.98. The van der Waals surface area contributed by atoms with Gasteiger partial charge in [-0.2, -0.15) is 4.31 Å². The standard InChI is InChI=1S/C24H31ClN4O4S3/c1-4-27(5-2)13-14-29(24-26-21-19(33-3)11-10-18(25)22(21)35-24)23(30)17-8-6-12-28(16-17)36(31,32)20-9-7-15-34-20/h7,9-11,15,17H,4-6,8,12-14,16H2,1-3H3. The van der Waals surface area contributed by atoms with E-state index >= 15 is 0 Å². The third-order valence-electron chi connectivity index (χ3n) is 6.52. The number of rotatable bonds is 10. The van der Waals surface area contributed by atoms with Crippen LogP contribution in [0.5, 0.6) is 5.75 Å². The lowest BCUT2D eigenvalue weighted by Crippen LogP contribution is -2.48. The molecular weight excluding hydrogens is 540 g/mol. The van der Waals surface area contributed by atoms with Crippen molar-refractivity contribution in [2.24, 2.45) is 5.92 Å². The third-order valence-corrected chi connectivity index (χ3v) is 11.3. The van der Waals surface area contributed by atoms with Crippen LogP contribution in [-0.4, -0.2) is 74.9 Å². The van der Waals surface area contributed by atoms with E-state index in [9.17, 15) is 13.2 Å². The second-order valence-electron chi connectivity index (χ2n) is 8.57. The van der Waals surface area contributed by atoms with E-state index in [4.69, 9.17) is 21.3 Å². The fourth-order valence-electron chi connectivity index (χ4n) is 4.42. The van der Waals surface area contributed by atoms with Crippen LogP contribution in [-0.2, 0) is 14.8 Å². The Morgan fingerprint density at radius 3 is 2.69 bits per heavy atom. The van der Waals surface area contributed by atoms with E-state index in [0.717, 1.165) is 17.8 Å². The summed E-state index contributed by atoms with van der Waals surface area (Å²) in [5, 5.41) is 2.85. The maximum Gasteiger partial charge on any atom is 0.252 e. The van der Waals surface area contributed by atoms with Gasteiger partial charge in [-0.05, 0) is 49.5 Å². The number of carbonyl (C=O) groups excluding carboxylic acids is 1. The lowest BCUT2D eigenvalue weighted by molar-refractivity contribution is -0.123. The number of piperidine rings is 1. The summed E-state index contributed by atoms with van der Waals surface area (Å²) in [6.45, 7) is 7.63. The summed E-state index contributed by atoms with van der Waals surface area (Å²) in [4.78, 5) is 22.7. The normalized spacial score (nSPS) is 17.1. The molecule has 196 valence electrons. The molecule has 0 aliphatic carbocycles. The molecule has 1 aliphatic heterocycles. The first-order valence-corrected chi connectivity index (χ1v) is 15.5. The molecule has 1 unspecified atom stereocenters. The fourth-order valence-corrected chi connectivity index (χ4v) is 8.38. The van der Waals surface area contributed by atoms with Crippen molar-refractivity contribution in [1.29, 1.82) is 0 Å². The van der Waals surface area contributed by atoms with Gasteiger partial charge in [-0.25, -0.2) is 13.4 Å². The Kier molecular flexibility index (Phi) is 8.90. The first-order chi connectivity index (χ1) is 17.3. The molecule has 1 amide bonds. The van der Waals surface area contributed by atoms with Crippen LogP contribution in [0.3, 0.4) is 0 Å². The van der Waals surface area contributed by atoms with Gasteiger partial charge < -0.3 is 9.64 Å². The number of likely N-dealkylation sites (N-methyl/N-ethyl adjacent to an activating group) is 1. The highest BCUT2D eigenvalue weighted by molar-refractivity contribution is 7.91. The van der Waals surface area contributed by atoms with Gasteiger partial charge in [-0.3, -0.25) is 9.69 Å². The molecule has 0 radical (unpaired) electrons. The Bertz CT molecular complexity index is 1290. The zero-order chi connectivity index (χ0) is 25.9. The molecule has 0 N–H and O–H groups in total. The van der Waals surface area contributed by atoms with Crippen molar-refractivity contribution < 1.29 is 17.9 Å². The molecule has 12 heteroatoms. The minimum atomic E-state index is -3.62. The summed E-state index contributed by atoms with van der Waals surface area (Å²) in [7, 11) is -2.04. The van der Waals surface area contributed by atoms with Crippen LogP contribution < -0.4 is 9.64 Å². The number of thiophene rings is 1. The first kappa shape index (κ1) is 27.3. The van der Waals surface area contributed by atoms with Crippen molar-refractivity contribution in [2.45, 2.75) is 30.9 Å². The monoisotopic (exact) mass is 570 g/mol. The smallest absolute Gasteiger partial charge is 0.252 e. The topological polar surface area (TPSA) is 83.0 Å². The zero-order valence-electron chi connectivity index (χ0n) is 20.6. The van der Waals surface area contributed by atoms with Crippen LogP contribution in [0.1, 0.15) is 26.7 Å². The predicted molar refractivity (Wildman–Crippen MR) is 147 cm³/mol. The molecule has 0 bridgehead atoms. The molecule has 0 saturated carbocycles. The number of hydrogen-bond donors (Lipinski definition) is 0. The highest BCUT2D eigenvalue weighted by atomic mass is 35.5. The van der Waals surface area contributed by atoms with E-state index in [0.29, 0.717) is 58.1 Å². The molecule has 2 aromatic heterocycles. The second kappa shape index (κ2) is 11.7. The van der Waals surface area contributed by atoms with Crippen molar-refractivity contribution in [1.82, 2.24) is 14.2 Å². The number of methoxy groups -OCH3 is 1. The molecule has 0 spiro atoms. The number of ether oxygens (including phenoxy) is 1. The van der Waals surface area contributed by atoms with E-state index in [2.05, 4.69) is 18.7 Å². The molecule has 1 aliphatic rings. The molecule has 1 atom stereocenters. The van der Waals surface area contributed by atoms with Crippen LogP contribution in [0.15, 0.2) is 33.9 Å². The number of aromatic nitrogens is 1. The lowest BCUT2D eigenvalue weighted by Gasteiger charge is -2.34. The fraction of sp³-hybridized carbons (Fsp3) is 0.500. The van der Waals surface area contributed by atoms with E-state index < -0.39 is 15.9 Å². The molecular formula is C24H31ClN4O4S3. The van der Waals surface area contributed by atoms with Crippen molar-refractivity contribution in [3.63, 3.8) is 0 Å². The second-order valence-corrected chi connectivity index (χ2v) is 13.1. The minimum absolute atomic E-state index is 0.109. The average molecular weight is 571 g/mol. The van der Waals surface area contributed by atoms with Crippen molar-refractivity contribution >= 4 is 65.6 Å². The summed E-state index contributed by atoms with van der Waals surface area (Å²) in [5.74, 6) is 0.0378. The SMILES string of the molecule is CCN(CC)CCN(C(=O)C1CCCN(S(=O)(=O)c2cccs2)C1)c1nc2c(OC)ccc(Cl)c2s1. The zero-order valence-corrected chi connectivity index (χ0v) is 23.9. The van der Waals surface area contributed by atoms with Crippen molar-refractivity contribution in [3.8, 4) is 5.75 Å². The Labute approximate surface area is 225 Å². The van der Waals surface area contributed by atoms with E-state index in [-0.39, 0.29) is 12.5 Å². The maximum absolute atomic E-state index is 14.0. The highest BCUT2D eigenvalue weighted by Crippen LogP contribution is 2.39. The van der Waals surface area contributed by atoms with Crippen LogP contribution in [0, 0.1) is 5.92 Å². The highest BCUT2D eigenvalue weighted by Gasteiger charge is 2.36. The Hall–Kier alpha value is -1.76. The third kappa shape index (κ3) is 5.56. The predicted octanol–water partition coefficient (Wildman–Crippen LogP) is 4.80. The number of benzene rings is 1. The average Bonchev–Trinajstić information content (AvgIpc) is 3.59. The Morgan fingerprint density at radius 2 is 2.03 bits per heavy atom. The van der Waals surface area contributed by atoms with E-state index in [1.165, 1.54) is 27.0 Å². The van der Waals surface area contributed by atoms with Crippen LogP contribution >= 0.6 is 34.3 Å². The van der Waals surface area contributed by atoms with Crippen LogP contribution in [0.2, 0.25) is 5.02 Å². The molecule has 1 aromatic carbocycles. The first-order valence-electron chi connectivity index (χ1n) is 12.0. The van der Waals surface area contributed by atoms with E-state index in [1.807, 2.05) is 0 Å². The number of amides is 1. The van der Waals surface area contributed by atoms with Crippen molar-refractivity contribution in [2.75, 3.05) is 51.3 Å². The summed E-state index contributed by atoms with van der Waals surface area (Å²) >= 11 is 9.01. The molecule has 3 heterocycles. The Balaban J connectivity index is 1.65. The number of sulfonamides is 1. The minimum Gasteiger partial charge on any atom is -0.494 e. The number of fused-ring (bicyclic) bond motifs is 1. The van der Waals surface area contributed by atoms with Gasteiger partial charge in [-0.15, -0.1) is 11.3 Å². The number of carbonyl (C=O) groups is 1. The summed E-state index contributed by atoms with van der Waals surface area (Å²) in [6, 6.07) is 6.87. The number of anilines is 1. The quantitative estimate of drug-likeness (QED) is 0.348. The summed E-state index contributed by atoms with van der Waals surface area (Å²) < 4.78 is 34.3. The molecule has 3 aromatic rings. The van der Waals surface area contributed by atoms with Gasteiger partial charge in [-0.1, -0.05) is 42.9 Å². The van der Waals surface area contributed by atoms with Crippen LogP contribution in [0.25, 0.3) is 10.2 Å². The number of halogens is 1. The van der Waals surface area contributed by atoms with Gasteiger partial charge >= 0.3 is 0 Å². The van der Waals surface area contributed by atoms with Gasteiger partial charge in [0.2, 0.25) is 5.91 Å². The van der Waals surface area contributed by atoms with Gasteiger partial charge in [0.1, 0.15) is 15.5 Å². The Morgan fingerprint density at radius 1 is 1.25 bits per heavy atom. The molecule has 4 rings (SSSR count). The maximum atomic E-state index is 14.0. The molecule has 8 nitrogen and oxygen atoms in total. The van der Waals surface area contributed by atoms with E-state index in [1.54, 1.807) is 41.7 Å². The largest absolute Gasteiger partial charge is 0.494 e. The van der Waals surface area contributed by atoms with Gasteiger partial charge in [0.05, 0.1) is 22.8 Å². The van der Waals surface area contributed by atoms with Crippen LogP contribution in [0.4, 0.5) is 5.13 Å². The van der Waals surface area contributed by atoms with Crippen molar-refractivity contribution in [3.05, 3.63) is 34.7 Å². The number of nitrogens with zero attached hydrogens (tertiary/aromatic N) is 4. The molecule has 1 fully saturated rings. The van der Waals surface area contributed by atoms with Gasteiger partial charge in [0, 0.05) is 26.2 Å². The van der Waals surface area contributed by atoms with Gasteiger partial charge in [0.15, 0.2) is 5.13 Å². The summed E-state index contributed by atoms with van der Waals surface area (Å²) in [5.41, 5.74) is 0.621. The molecule has 36 heavy (non-hydrogen) atoms. The molecule has 1 saturated heterocycles. The van der Waals surface area contributed by atoms with Gasteiger partial charge in [0.25, 0.3) is 10.0 Å².